The molecular formula is C15H24N2O. The highest BCUT2D eigenvalue weighted by molar-refractivity contribution is 5.59. The lowest BCUT2D eigenvalue weighted by Gasteiger charge is -2.36. The van der Waals surface area contributed by atoms with Crippen LogP contribution in [0.5, 0.6) is 0 Å². The molecule has 1 aromatic carbocycles. The van der Waals surface area contributed by atoms with Crippen molar-refractivity contribution in [3.05, 3.63) is 29.3 Å². The van der Waals surface area contributed by atoms with Crippen LogP contribution in [-0.2, 0) is 11.2 Å². The largest absolute Gasteiger partial charge is 0.373 e. The molecule has 3 heteroatoms. The number of para-hydroxylation sites is 1. The van der Waals surface area contributed by atoms with Crippen LogP contribution >= 0.6 is 0 Å². The summed E-state index contributed by atoms with van der Waals surface area (Å²) in [6, 6.07) is 6.60. The predicted octanol–water partition coefficient (Wildman–Crippen LogP) is 1.98. The number of benzene rings is 1. The highest BCUT2D eigenvalue weighted by atomic mass is 16.5. The van der Waals surface area contributed by atoms with Crippen molar-refractivity contribution in [3.8, 4) is 0 Å². The fourth-order valence-electron chi connectivity index (χ4n) is 2.73. The Labute approximate surface area is 110 Å². The van der Waals surface area contributed by atoms with Crippen molar-refractivity contribution >= 4 is 5.69 Å². The van der Waals surface area contributed by atoms with Crippen LogP contribution < -0.4 is 10.2 Å². The number of likely N-dealkylation sites (N-methyl/N-ethyl adjacent to an activating group) is 1. The number of hydrogen-bond acceptors (Lipinski definition) is 3. The molecule has 1 saturated heterocycles. The van der Waals surface area contributed by atoms with Gasteiger partial charge in [0.1, 0.15) is 0 Å². The van der Waals surface area contributed by atoms with Gasteiger partial charge in [0.15, 0.2) is 0 Å². The van der Waals surface area contributed by atoms with Gasteiger partial charge in [-0.1, -0.05) is 25.1 Å². The van der Waals surface area contributed by atoms with Crippen LogP contribution in [0.3, 0.4) is 0 Å². The molecular weight excluding hydrogens is 224 g/mol. The molecule has 0 aliphatic carbocycles. The minimum Gasteiger partial charge on any atom is -0.373 e. The molecule has 1 N–H and O–H groups in total. The van der Waals surface area contributed by atoms with Gasteiger partial charge in [0.2, 0.25) is 0 Å². The van der Waals surface area contributed by atoms with E-state index in [1.165, 1.54) is 16.8 Å². The Balaban J connectivity index is 2.20. The molecule has 2 rings (SSSR count). The van der Waals surface area contributed by atoms with Crippen molar-refractivity contribution in [1.82, 2.24) is 5.32 Å². The minimum atomic E-state index is 0.299. The zero-order chi connectivity index (χ0) is 13.0. The zero-order valence-corrected chi connectivity index (χ0v) is 11.7. The summed E-state index contributed by atoms with van der Waals surface area (Å²) in [4.78, 5) is 2.49. The number of morpholine rings is 1. The monoisotopic (exact) mass is 248 g/mol. The molecule has 1 atom stereocenters. The van der Waals surface area contributed by atoms with Crippen molar-refractivity contribution in [2.45, 2.75) is 26.4 Å². The molecule has 1 fully saturated rings. The third-order valence-electron chi connectivity index (χ3n) is 3.59. The van der Waals surface area contributed by atoms with Gasteiger partial charge in [-0.05, 0) is 31.5 Å². The smallest absolute Gasteiger partial charge is 0.0874 e. The van der Waals surface area contributed by atoms with Crippen molar-refractivity contribution in [2.24, 2.45) is 0 Å². The Morgan fingerprint density at radius 1 is 1.44 bits per heavy atom. The molecule has 0 saturated carbocycles. The Kier molecular flexibility index (Phi) is 4.61. The maximum atomic E-state index is 5.78. The van der Waals surface area contributed by atoms with Gasteiger partial charge in [0, 0.05) is 25.3 Å². The summed E-state index contributed by atoms with van der Waals surface area (Å²) >= 11 is 0. The van der Waals surface area contributed by atoms with Gasteiger partial charge >= 0.3 is 0 Å². The van der Waals surface area contributed by atoms with Crippen molar-refractivity contribution < 1.29 is 4.74 Å². The first-order valence-corrected chi connectivity index (χ1v) is 6.86. The standard InChI is InChI=1S/C15H24N2O/c1-4-13-7-5-6-12(2)15(13)17-8-9-18-14(11-17)10-16-3/h5-7,14,16H,4,8-11H2,1-3H3. The molecule has 0 radical (unpaired) electrons. The van der Waals surface area contributed by atoms with E-state index in [4.69, 9.17) is 4.74 Å². The zero-order valence-electron chi connectivity index (χ0n) is 11.7. The van der Waals surface area contributed by atoms with Crippen LogP contribution in [0, 0.1) is 6.92 Å². The quantitative estimate of drug-likeness (QED) is 0.882. The number of ether oxygens (including phenoxy) is 1. The van der Waals surface area contributed by atoms with E-state index >= 15 is 0 Å². The average molecular weight is 248 g/mol. The van der Waals surface area contributed by atoms with Crippen LogP contribution in [0.1, 0.15) is 18.1 Å². The lowest BCUT2D eigenvalue weighted by molar-refractivity contribution is 0.0421. The average Bonchev–Trinajstić information content (AvgIpc) is 2.39. The van der Waals surface area contributed by atoms with Crippen molar-refractivity contribution in [2.75, 3.05) is 38.2 Å². The van der Waals surface area contributed by atoms with E-state index in [0.29, 0.717) is 6.10 Å². The van der Waals surface area contributed by atoms with E-state index in [-0.39, 0.29) is 0 Å². The van der Waals surface area contributed by atoms with Gasteiger partial charge < -0.3 is 15.0 Å². The maximum Gasteiger partial charge on any atom is 0.0874 e. The Hall–Kier alpha value is -1.06. The molecule has 1 heterocycles. The fourth-order valence-corrected chi connectivity index (χ4v) is 2.73. The summed E-state index contributed by atoms with van der Waals surface area (Å²) in [6.45, 7) is 8.16. The minimum absolute atomic E-state index is 0.299. The number of nitrogens with zero attached hydrogens (tertiary/aromatic N) is 1. The van der Waals surface area contributed by atoms with E-state index in [1.807, 2.05) is 7.05 Å². The first-order chi connectivity index (χ1) is 8.76. The number of aryl methyl sites for hydroxylation is 2. The first kappa shape index (κ1) is 13.4. The molecule has 1 aliphatic heterocycles. The predicted molar refractivity (Wildman–Crippen MR) is 76.4 cm³/mol. The molecule has 1 aromatic rings. The summed E-state index contributed by atoms with van der Waals surface area (Å²) in [5.41, 5.74) is 4.24. The van der Waals surface area contributed by atoms with Crippen LogP contribution in [-0.4, -0.2) is 39.4 Å². The van der Waals surface area contributed by atoms with Gasteiger partial charge in [0.25, 0.3) is 0 Å². The third-order valence-corrected chi connectivity index (χ3v) is 3.59. The molecule has 100 valence electrons. The van der Waals surface area contributed by atoms with E-state index in [2.05, 4.69) is 42.3 Å². The van der Waals surface area contributed by atoms with Gasteiger partial charge in [-0.2, -0.15) is 0 Å². The highest BCUT2D eigenvalue weighted by Crippen LogP contribution is 2.27. The van der Waals surface area contributed by atoms with E-state index in [9.17, 15) is 0 Å². The Morgan fingerprint density at radius 3 is 3.00 bits per heavy atom. The van der Waals surface area contributed by atoms with Gasteiger partial charge in [-0.3, -0.25) is 0 Å². The molecule has 3 nitrogen and oxygen atoms in total. The lowest BCUT2D eigenvalue weighted by atomic mass is 10.0. The van der Waals surface area contributed by atoms with E-state index in [1.54, 1.807) is 0 Å². The normalized spacial score (nSPS) is 20.2. The molecule has 1 unspecified atom stereocenters. The molecule has 0 spiro atoms. The summed E-state index contributed by atoms with van der Waals surface area (Å²) in [6.07, 6.45) is 1.39. The molecule has 18 heavy (non-hydrogen) atoms. The van der Waals surface area contributed by atoms with Crippen LogP contribution in [0.4, 0.5) is 5.69 Å². The maximum absolute atomic E-state index is 5.78. The Bertz CT molecular complexity index is 390. The molecule has 0 aromatic heterocycles. The van der Waals surface area contributed by atoms with Crippen LogP contribution in [0.15, 0.2) is 18.2 Å². The number of rotatable bonds is 4. The van der Waals surface area contributed by atoms with E-state index in [0.717, 1.165) is 32.7 Å². The van der Waals surface area contributed by atoms with Crippen LogP contribution in [0.2, 0.25) is 0 Å². The van der Waals surface area contributed by atoms with Crippen LogP contribution in [0.25, 0.3) is 0 Å². The number of nitrogens with one attached hydrogen (secondary N) is 1. The Morgan fingerprint density at radius 2 is 2.28 bits per heavy atom. The fraction of sp³-hybridized carbons (Fsp3) is 0.600. The number of hydrogen-bond donors (Lipinski definition) is 1. The second-order valence-corrected chi connectivity index (χ2v) is 4.93. The van der Waals surface area contributed by atoms with Gasteiger partial charge in [-0.15, -0.1) is 0 Å². The third kappa shape index (κ3) is 2.85. The van der Waals surface area contributed by atoms with Gasteiger partial charge in [-0.25, -0.2) is 0 Å². The molecule has 0 bridgehead atoms. The molecule has 0 amide bonds. The second-order valence-electron chi connectivity index (χ2n) is 4.93. The summed E-state index contributed by atoms with van der Waals surface area (Å²) in [5.74, 6) is 0. The SMILES string of the molecule is CCc1cccc(C)c1N1CCOC(CNC)C1. The summed E-state index contributed by atoms with van der Waals surface area (Å²) in [7, 11) is 1.98. The van der Waals surface area contributed by atoms with Crippen molar-refractivity contribution in [1.29, 1.82) is 0 Å². The summed E-state index contributed by atoms with van der Waals surface area (Å²) < 4.78 is 5.78. The number of anilines is 1. The van der Waals surface area contributed by atoms with E-state index < -0.39 is 0 Å². The topological polar surface area (TPSA) is 24.5 Å². The second kappa shape index (κ2) is 6.21. The highest BCUT2D eigenvalue weighted by Gasteiger charge is 2.22. The molecule has 1 aliphatic rings. The summed E-state index contributed by atoms with van der Waals surface area (Å²) in [5, 5.41) is 3.20. The first-order valence-electron chi connectivity index (χ1n) is 6.86. The lowest BCUT2D eigenvalue weighted by Crippen LogP contribution is -2.46. The van der Waals surface area contributed by atoms with Crippen molar-refractivity contribution in [3.63, 3.8) is 0 Å². The van der Waals surface area contributed by atoms with Gasteiger partial charge in [0.05, 0.1) is 12.7 Å².